The van der Waals surface area contributed by atoms with E-state index in [9.17, 15) is 4.79 Å². The molecule has 0 rings (SSSR count). The summed E-state index contributed by atoms with van der Waals surface area (Å²) in [4.78, 5) is 10.8. The maximum Gasteiger partial charge on any atom is 0.320 e. The van der Waals surface area contributed by atoms with Gasteiger partial charge in [0, 0.05) is 13.0 Å². The molecule has 0 unspecified atom stereocenters. The Kier molecular flexibility index (Phi) is 8.21. The molecule has 0 heterocycles. The van der Waals surface area contributed by atoms with Crippen molar-refractivity contribution in [2.24, 2.45) is 5.73 Å². The summed E-state index contributed by atoms with van der Waals surface area (Å²) in [7, 11) is 0. The lowest BCUT2D eigenvalue weighted by atomic mass is 10.1. The molecule has 0 radical (unpaired) electrons. The summed E-state index contributed by atoms with van der Waals surface area (Å²) in [6, 6.07) is -0.629. The van der Waals surface area contributed by atoms with Crippen LogP contribution in [-0.2, 0) is 4.79 Å². The number of nitrogens with one attached hydrogen (secondary N) is 1. The third-order valence-corrected chi connectivity index (χ3v) is 2.04. The van der Waals surface area contributed by atoms with Crippen LogP contribution in [0.3, 0.4) is 0 Å². The predicted molar refractivity (Wildman–Crippen MR) is 55.2 cm³/mol. The van der Waals surface area contributed by atoms with E-state index in [2.05, 4.69) is 5.32 Å². The third-order valence-electron chi connectivity index (χ3n) is 2.04. The molecule has 0 saturated carbocycles. The number of aliphatic hydroxyl groups is 2. The highest BCUT2D eigenvalue weighted by Crippen LogP contribution is 2.01. The molecule has 6 N–H and O–H groups in total. The Bertz CT molecular complexity index is 175. The molecule has 6 nitrogen and oxygen atoms in total. The minimum Gasteiger partial charge on any atom is -0.480 e. The second-order valence-electron chi connectivity index (χ2n) is 3.40. The van der Waals surface area contributed by atoms with Crippen molar-refractivity contribution < 1.29 is 20.1 Å². The number of carboxylic acid groups (broad SMARTS) is 1. The number of hydrogen-bond donors (Lipinski definition) is 5. The number of aliphatic hydroxyl groups excluding tert-OH is 1. The molecule has 15 heavy (non-hydrogen) atoms. The molecule has 0 fully saturated rings. The van der Waals surface area contributed by atoms with Crippen LogP contribution in [0, 0.1) is 0 Å². The number of unbranched alkanes of at least 4 members (excludes halogenated alkanes) is 1. The van der Waals surface area contributed by atoms with Gasteiger partial charge in [0.25, 0.3) is 0 Å². The largest absolute Gasteiger partial charge is 0.480 e. The molecule has 0 aliphatic rings. The molecule has 0 aromatic rings. The molecule has 0 aliphatic heterocycles. The Morgan fingerprint density at radius 3 is 2.40 bits per heavy atom. The van der Waals surface area contributed by atoms with Crippen LogP contribution in [0.2, 0.25) is 0 Å². The van der Waals surface area contributed by atoms with Gasteiger partial charge in [-0.15, -0.1) is 0 Å². The summed E-state index contributed by atoms with van der Waals surface area (Å²) >= 11 is 0. The Labute approximate surface area is 89.1 Å². The van der Waals surface area contributed by atoms with E-state index in [4.69, 9.17) is 21.1 Å². The Balaban J connectivity index is 3.69. The van der Waals surface area contributed by atoms with Crippen LogP contribution in [0.5, 0.6) is 0 Å². The van der Waals surface area contributed by atoms with E-state index in [1.807, 2.05) is 0 Å². The summed E-state index contributed by atoms with van der Waals surface area (Å²) in [5.74, 6) is -0.917. The molecule has 0 saturated heterocycles. The monoisotopic (exact) mass is 220 g/mol. The Morgan fingerprint density at radius 2 is 1.93 bits per heavy atom. The topological polar surface area (TPSA) is 116 Å². The van der Waals surface area contributed by atoms with Crippen molar-refractivity contribution in [2.75, 3.05) is 13.1 Å². The summed E-state index contributed by atoms with van der Waals surface area (Å²) in [5.41, 5.74) is 5.30. The highest BCUT2D eigenvalue weighted by atomic mass is 16.5. The standard InChI is InChI=1S/C9H20N2O4/c10-5-2-1-3-7(9(14)15)11-6-4-8(12)13/h7-8,11-13H,1-6,10H2,(H,14,15)/t7-/m0/s1. The molecule has 0 aromatic heterocycles. The number of rotatable bonds is 9. The van der Waals surface area contributed by atoms with Crippen LogP contribution in [-0.4, -0.2) is 46.7 Å². The van der Waals surface area contributed by atoms with Crippen LogP contribution in [0.15, 0.2) is 0 Å². The van der Waals surface area contributed by atoms with Gasteiger partial charge in [0.2, 0.25) is 0 Å². The molecule has 0 aliphatic carbocycles. The average Bonchev–Trinajstić information content (AvgIpc) is 2.15. The summed E-state index contributed by atoms with van der Waals surface area (Å²) in [5, 5.41) is 28.7. The zero-order valence-electron chi connectivity index (χ0n) is 8.72. The Morgan fingerprint density at radius 1 is 1.27 bits per heavy atom. The van der Waals surface area contributed by atoms with Gasteiger partial charge in [-0.3, -0.25) is 4.79 Å². The second-order valence-corrected chi connectivity index (χ2v) is 3.40. The van der Waals surface area contributed by atoms with Crippen LogP contribution >= 0.6 is 0 Å². The van der Waals surface area contributed by atoms with Crippen LogP contribution in [0.25, 0.3) is 0 Å². The maximum atomic E-state index is 10.8. The quantitative estimate of drug-likeness (QED) is 0.248. The summed E-state index contributed by atoms with van der Waals surface area (Å²) in [6.45, 7) is 0.832. The van der Waals surface area contributed by atoms with Gasteiger partial charge < -0.3 is 26.4 Å². The van der Waals surface area contributed by atoms with Crippen molar-refractivity contribution >= 4 is 5.97 Å². The first kappa shape index (κ1) is 14.3. The predicted octanol–water partition coefficient (Wildman–Crippen LogP) is -1.14. The maximum absolute atomic E-state index is 10.8. The van der Waals surface area contributed by atoms with Crippen molar-refractivity contribution in [3.05, 3.63) is 0 Å². The number of nitrogens with two attached hydrogens (primary N) is 1. The van der Waals surface area contributed by atoms with Gasteiger partial charge in [0.05, 0.1) is 0 Å². The number of hydrogen-bond acceptors (Lipinski definition) is 5. The lowest BCUT2D eigenvalue weighted by Crippen LogP contribution is -2.38. The van der Waals surface area contributed by atoms with Crippen LogP contribution in [0.4, 0.5) is 0 Å². The highest BCUT2D eigenvalue weighted by Gasteiger charge is 2.15. The highest BCUT2D eigenvalue weighted by molar-refractivity contribution is 5.73. The summed E-state index contributed by atoms with van der Waals surface area (Å²) in [6.07, 6.45) is 0.793. The van der Waals surface area contributed by atoms with Gasteiger partial charge in [-0.25, -0.2) is 0 Å². The first-order valence-corrected chi connectivity index (χ1v) is 5.10. The van der Waals surface area contributed by atoms with E-state index < -0.39 is 18.3 Å². The Hall–Kier alpha value is -0.690. The number of aliphatic carboxylic acids is 1. The summed E-state index contributed by atoms with van der Waals surface area (Å²) < 4.78 is 0. The fraction of sp³-hybridized carbons (Fsp3) is 0.889. The first-order valence-electron chi connectivity index (χ1n) is 5.10. The van der Waals surface area contributed by atoms with Gasteiger partial charge in [0.1, 0.15) is 6.04 Å². The molecule has 1 atom stereocenters. The zero-order chi connectivity index (χ0) is 11.7. The van der Waals surface area contributed by atoms with E-state index in [1.54, 1.807) is 0 Å². The van der Waals surface area contributed by atoms with Gasteiger partial charge in [-0.05, 0) is 19.4 Å². The molecule has 0 amide bonds. The molecule has 0 bridgehead atoms. The molecule has 90 valence electrons. The van der Waals surface area contributed by atoms with Crippen molar-refractivity contribution in [3.63, 3.8) is 0 Å². The second kappa shape index (κ2) is 8.60. The van der Waals surface area contributed by atoms with Crippen molar-refractivity contribution in [1.29, 1.82) is 0 Å². The van der Waals surface area contributed by atoms with E-state index in [0.717, 1.165) is 12.8 Å². The number of carbonyl (C=O) groups is 1. The average molecular weight is 220 g/mol. The molecule has 0 aromatic carbocycles. The normalized spacial score (nSPS) is 13.1. The van der Waals surface area contributed by atoms with Gasteiger partial charge in [-0.1, -0.05) is 6.42 Å². The first-order chi connectivity index (χ1) is 7.07. The van der Waals surface area contributed by atoms with Crippen molar-refractivity contribution in [3.8, 4) is 0 Å². The van der Waals surface area contributed by atoms with E-state index in [-0.39, 0.29) is 13.0 Å². The van der Waals surface area contributed by atoms with Gasteiger partial charge >= 0.3 is 5.97 Å². The van der Waals surface area contributed by atoms with E-state index in [1.165, 1.54) is 0 Å². The fourth-order valence-electron chi connectivity index (χ4n) is 1.19. The minimum atomic E-state index is -1.39. The molecule has 0 spiro atoms. The minimum absolute atomic E-state index is 0.126. The van der Waals surface area contributed by atoms with E-state index >= 15 is 0 Å². The molecular formula is C9H20N2O4. The smallest absolute Gasteiger partial charge is 0.320 e. The van der Waals surface area contributed by atoms with Crippen LogP contribution < -0.4 is 11.1 Å². The van der Waals surface area contributed by atoms with E-state index in [0.29, 0.717) is 13.0 Å². The molecular weight excluding hydrogens is 200 g/mol. The lowest BCUT2D eigenvalue weighted by Gasteiger charge is -2.14. The van der Waals surface area contributed by atoms with Crippen LogP contribution in [0.1, 0.15) is 25.7 Å². The molecule has 6 heteroatoms. The number of carboxylic acids is 1. The lowest BCUT2D eigenvalue weighted by molar-refractivity contribution is -0.139. The van der Waals surface area contributed by atoms with Gasteiger partial charge in [0.15, 0.2) is 6.29 Å². The van der Waals surface area contributed by atoms with Crippen molar-refractivity contribution in [1.82, 2.24) is 5.32 Å². The SMILES string of the molecule is NCCCC[C@H](NCCC(O)O)C(=O)O. The van der Waals surface area contributed by atoms with Gasteiger partial charge in [-0.2, -0.15) is 0 Å². The third kappa shape index (κ3) is 8.31. The zero-order valence-corrected chi connectivity index (χ0v) is 8.72. The fourth-order valence-corrected chi connectivity index (χ4v) is 1.19. The van der Waals surface area contributed by atoms with Crippen molar-refractivity contribution in [2.45, 2.75) is 38.0 Å².